The summed E-state index contributed by atoms with van der Waals surface area (Å²) in [6.45, 7) is 5.83. The monoisotopic (exact) mass is 512 g/mol. The van der Waals surface area contributed by atoms with Crippen LogP contribution < -0.4 is 4.90 Å². The summed E-state index contributed by atoms with van der Waals surface area (Å²) < 4.78 is 34.5. The van der Waals surface area contributed by atoms with Crippen molar-refractivity contribution in [2.75, 3.05) is 11.5 Å². The molecule has 37 heavy (non-hydrogen) atoms. The molecule has 0 saturated carbocycles. The second-order valence-electron chi connectivity index (χ2n) is 9.05. The van der Waals surface area contributed by atoms with Gasteiger partial charge in [-0.2, -0.15) is 0 Å². The van der Waals surface area contributed by atoms with Gasteiger partial charge in [0.2, 0.25) is 0 Å². The Morgan fingerprint density at radius 1 is 0.973 bits per heavy atom. The van der Waals surface area contributed by atoms with Gasteiger partial charge in [0.1, 0.15) is 0 Å². The van der Waals surface area contributed by atoms with Gasteiger partial charge in [-0.25, -0.2) is 17.5 Å². The van der Waals surface area contributed by atoms with Gasteiger partial charge in [0.05, 0.1) is 28.9 Å². The number of nitrogens with zero attached hydrogens (tertiary/aromatic N) is 2. The predicted molar refractivity (Wildman–Crippen MR) is 146 cm³/mol. The molecule has 0 aromatic heterocycles. The molecule has 3 aromatic carbocycles. The number of sulfonamides is 1. The van der Waals surface area contributed by atoms with Crippen LogP contribution in [-0.4, -0.2) is 31.3 Å². The van der Waals surface area contributed by atoms with E-state index < -0.39 is 22.0 Å². The highest BCUT2D eigenvalue weighted by Gasteiger charge is 2.40. The van der Waals surface area contributed by atoms with E-state index in [4.69, 9.17) is 4.74 Å². The van der Waals surface area contributed by atoms with Gasteiger partial charge in [0, 0.05) is 18.0 Å². The molecule has 0 amide bonds. The lowest BCUT2D eigenvalue weighted by Gasteiger charge is -2.45. The molecule has 2 aliphatic rings. The van der Waals surface area contributed by atoms with Gasteiger partial charge in [0.15, 0.2) is 0 Å². The van der Waals surface area contributed by atoms with Crippen molar-refractivity contribution < 1.29 is 17.9 Å². The minimum atomic E-state index is -4.05. The number of aryl methyl sites for hydroxylation is 2. The van der Waals surface area contributed by atoms with Crippen LogP contribution in [0.25, 0.3) is 11.8 Å². The molecule has 0 spiro atoms. The maximum atomic E-state index is 14.0. The highest BCUT2D eigenvalue weighted by atomic mass is 32.2. The number of ether oxygens (including phenoxy) is 1. The van der Waals surface area contributed by atoms with Crippen LogP contribution in [0.15, 0.2) is 102 Å². The van der Waals surface area contributed by atoms with Crippen molar-refractivity contribution in [1.29, 1.82) is 0 Å². The van der Waals surface area contributed by atoms with Crippen molar-refractivity contribution in [2.24, 2.45) is 0 Å². The molecule has 3 aromatic rings. The molecule has 6 nitrogen and oxygen atoms in total. The molecular formula is C30H28N2O4S. The summed E-state index contributed by atoms with van der Waals surface area (Å²) in [6.07, 6.45) is 6.80. The lowest BCUT2D eigenvalue weighted by molar-refractivity contribution is -0.137. The van der Waals surface area contributed by atoms with Gasteiger partial charge in [-0.15, -0.1) is 0 Å². The van der Waals surface area contributed by atoms with E-state index in [2.05, 4.69) is 11.0 Å². The van der Waals surface area contributed by atoms with Crippen LogP contribution in [0.5, 0.6) is 0 Å². The van der Waals surface area contributed by atoms with Crippen molar-refractivity contribution in [3.05, 3.63) is 119 Å². The van der Waals surface area contributed by atoms with Crippen molar-refractivity contribution in [2.45, 2.75) is 31.7 Å². The summed E-state index contributed by atoms with van der Waals surface area (Å²) in [5.74, 6) is -0.596. The average molecular weight is 513 g/mol. The zero-order chi connectivity index (χ0) is 26.2. The summed E-state index contributed by atoms with van der Waals surface area (Å²) in [4.78, 5) is 14.9. The fourth-order valence-electron chi connectivity index (χ4n) is 4.63. The summed E-state index contributed by atoms with van der Waals surface area (Å²) in [6, 6.07) is 22.0. The smallest absolute Gasteiger partial charge is 0.332 e. The Bertz CT molecular complexity index is 1540. The molecule has 188 valence electrons. The number of carbonyl (C=O) groups is 1. The van der Waals surface area contributed by atoms with E-state index in [1.54, 1.807) is 37.4 Å². The molecular weight excluding hydrogens is 484 g/mol. The first-order chi connectivity index (χ1) is 17.8. The summed E-state index contributed by atoms with van der Waals surface area (Å²) >= 11 is 0. The number of rotatable bonds is 5. The fourth-order valence-corrected chi connectivity index (χ4v) is 6.01. The third kappa shape index (κ3) is 4.58. The molecule has 0 aliphatic carbocycles. The molecule has 5 rings (SSSR count). The Hall–Kier alpha value is -4.10. The van der Waals surface area contributed by atoms with E-state index in [-0.39, 0.29) is 11.5 Å². The lowest BCUT2D eigenvalue weighted by atomic mass is 9.95. The molecule has 0 bridgehead atoms. The van der Waals surface area contributed by atoms with Crippen molar-refractivity contribution in [3.8, 4) is 0 Å². The van der Waals surface area contributed by atoms with E-state index in [9.17, 15) is 13.2 Å². The number of hydrogen-bond acceptors (Lipinski definition) is 5. The Morgan fingerprint density at radius 3 is 2.38 bits per heavy atom. The highest BCUT2D eigenvalue weighted by molar-refractivity contribution is 7.89. The van der Waals surface area contributed by atoms with Gasteiger partial charge in [-0.3, -0.25) is 0 Å². The Labute approximate surface area is 217 Å². The second kappa shape index (κ2) is 9.75. The number of esters is 1. The first kappa shape index (κ1) is 24.6. The molecule has 2 aliphatic heterocycles. The van der Waals surface area contributed by atoms with Crippen LogP contribution in [0.1, 0.15) is 29.2 Å². The van der Waals surface area contributed by atoms with Crippen LogP contribution in [0, 0.1) is 13.8 Å². The topological polar surface area (TPSA) is 66.9 Å². The number of benzene rings is 3. The molecule has 0 radical (unpaired) electrons. The minimum absolute atomic E-state index is 0.140. The summed E-state index contributed by atoms with van der Waals surface area (Å²) in [5, 5.41) is 0. The molecule has 0 saturated heterocycles. The van der Waals surface area contributed by atoms with Crippen LogP contribution >= 0.6 is 0 Å². The Morgan fingerprint density at radius 2 is 1.68 bits per heavy atom. The first-order valence-electron chi connectivity index (χ1n) is 12.1. The largest absolute Gasteiger partial charge is 0.463 e. The van der Waals surface area contributed by atoms with E-state index in [0.29, 0.717) is 11.4 Å². The number of carbonyl (C=O) groups excluding carboxylic acids is 1. The zero-order valence-electron chi connectivity index (χ0n) is 21.0. The maximum Gasteiger partial charge on any atom is 0.332 e. The zero-order valence-corrected chi connectivity index (χ0v) is 21.8. The Kier molecular flexibility index (Phi) is 6.48. The molecule has 2 heterocycles. The van der Waals surface area contributed by atoms with Gasteiger partial charge in [0.25, 0.3) is 10.0 Å². The molecule has 1 unspecified atom stereocenters. The van der Waals surface area contributed by atoms with Crippen LogP contribution in [0.3, 0.4) is 0 Å². The number of hydrogen-bond donors (Lipinski definition) is 0. The molecule has 1 atom stereocenters. The van der Waals surface area contributed by atoms with Crippen molar-refractivity contribution in [1.82, 2.24) is 4.31 Å². The highest BCUT2D eigenvalue weighted by Crippen LogP contribution is 2.43. The van der Waals surface area contributed by atoms with Gasteiger partial charge >= 0.3 is 5.97 Å². The minimum Gasteiger partial charge on any atom is -0.463 e. The van der Waals surface area contributed by atoms with E-state index in [1.807, 2.05) is 68.5 Å². The Balaban J connectivity index is 1.79. The quantitative estimate of drug-likeness (QED) is 0.326. The summed E-state index contributed by atoms with van der Waals surface area (Å²) in [5.41, 5.74) is 5.83. The van der Waals surface area contributed by atoms with Gasteiger partial charge in [-0.05, 0) is 55.7 Å². The van der Waals surface area contributed by atoms with E-state index in [0.717, 1.165) is 27.9 Å². The van der Waals surface area contributed by atoms with Gasteiger partial charge in [-0.1, -0.05) is 72.3 Å². The third-order valence-electron chi connectivity index (χ3n) is 6.44. The van der Waals surface area contributed by atoms with Crippen LogP contribution in [0.2, 0.25) is 0 Å². The lowest BCUT2D eigenvalue weighted by Crippen LogP contribution is -2.47. The van der Waals surface area contributed by atoms with E-state index in [1.165, 1.54) is 10.4 Å². The summed E-state index contributed by atoms with van der Waals surface area (Å²) in [7, 11) is -4.05. The molecule has 0 fully saturated rings. The fraction of sp³-hybridized carbons (Fsp3) is 0.167. The van der Waals surface area contributed by atoms with Crippen molar-refractivity contribution >= 4 is 33.5 Å². The first-order valence-corrected chi connectivity index (χ1v) is 13.6. The number of fused-ring (bicyclic) bond motifs is 3. The predicted octanol–water partition coefficient (Wildman–Crippen LogP) is 5.66. The third-order valence-corrected chi connectivity index (χ3v) is 8.14. The maximum absolute atomic E-state index is 14.0. The second-order valence-corrected chi connectivity index (χ2v) is 10.9. The SMILES string of the molecule is CCOC(=O)/C=C1\C2C=Cc3ccc(C)cc3N2C(c2ccccc2)=CN1S(=O)(=O)c1ccc(C)cc1. The van der Waals surface area contributed by atoms with Crippen LogP contribution in [0.4, 0.5) is 5.69 Å². The van der Waals surface area contributed by atoms with E-state index >= 15 is 0 Å². The van der Waals surface area contributed by atoms with Gasteiger partial charge < -0.3 is 9.64 Å². The van der Waals surface area contributed by atoms with Crippen LogP contribution in [-0.2, 0) is 19.6 Å². The molecule has 0 N–H and O–H groups in total. The average Bonchev–Trinajstić information content (AvgIpc) is 2.89. The van der Waals surface area contributed by atoms with Crippen molar-refractivity contribution in [3.63, 3.8) is 0 Å². The standard InChI is InChI=1S/C30H28N2O4S/c1-4-36-30(33)19-28-26-17-14-24-13-10-22(3)18-27(24)32(26)29(23-8-6-5-7-9-23)20-31(28)37(34,35)25-15-11-21(2)12-16-25/h5-20,26H,4H2,1-3H3/b28-19+. The number of anilines is 1. The normalized spacial score (nSPS) is 17.8. The molecule has 7 heteroatoms.